The second kappa shape index (κ2) is 9.50. The zero-order chi connectivity index (χ0) is 21.8. The molecule has 0 atom stereocenters. The number of benzene rings is 2. The van der Waals surface area contributed by atoms with Crippen LogP contribution in [0.4, 0.5) is 0 Å². The van der Waals surface area contributed by atoms with E-state index in [1.807, 2.05) is 35.1 Å². The lowest BCUT2D eigenvalue weighted by molar-refractivity contribution is -0.122. The smallest absolute Gasteiger partial charge is 0.234 e. The summed E-state index contributed by atoms with van der Waals surface area (Å²) in [5, 5.41) is 8.20. The Kier molecular flexibility index (Phi) is 6.54. The third kappa shape index (κ3) is 5.43. The first kappa shape index (κ1) is 21.3. The fourth-order valence-corrected chi connectivity index (χ4v) is 3.93. The van der Waals surface area contributed by atoms with Crippen LogP contribution in [0.2, 0.25) is 5.02 Å². The number of aromatic nitrogens is 2. The van der Waals surface area contributed by atoms with E-state index in [1.54, 1.807) is 0 Å². The van der Waals surface area contributed by atoms with Gasteiger partial charge in [-0.3, -0.25) is 9.69 Å². The Bertz CT molecular complexity index is 1120. The third-order valence-corrected chi connectivity index (χ3v) is 5.98. The zero-order valence-electron chi connectivity index (χ0n) is 17.9. The summed E-state index contributed by atoms with van der Waals surface area (Å²) in [6, 6.07) is 13.9. The molecule has 5 nitrogen and oxygen atoms in total. The van der Waals surface area contributed by atoms with Crippen molar-refractivity contribution < 1.29 is 4.79 Å². The lowest BCUT2D eigenvalue weighted by Crippen LogP contribution is -2.39. The first-order valence-corrected chi connectivity index (χ1v) is 10.9. The lowest BCUT2D eigenvalue weighted by atomic mass is 10.0. The SMILES string of the molecule is Cc1ccc(-n2cc(C3=CCN(CC(=O)NCc4cccc(Cl)c4)CC3)cn2)cc1C. The van der Waals surface area contributed by atoms with Crippen molar-refractivity contribution in [2.75, 3.05) is 19.6 Å². The minimum Gasteiger partial charge on any atom is -0.351 e. The fraction of sp³-hybridized carbons (Fsp3) is 0.280. The van der Waals surface area contributed by atoms with E-state index in [9.17, 15) is 4.79 Å². The van der Waals surface area contributed by atoms with Gasteiger partial charge in [0, 0.05) is 36.4 Å². The minimum absolute atomic E-state index is 0.0272. The summed E-state index contributed by atoms with van der Waals surface area (Å²) in [4.78, 5) is 14.5. The van der Waals surface area contributed by atoms with Gasteiger partial charge in [-0.2, -0.15) is 5.10 Å². The van der Waals surface area contributed by atoms with Gasteiger partial charge in [0.1, 0.15) is 0 Å². The van der Waals surface area contributed by atoms with Crippen LogP contribution in [0.5, 0.6) is 0 Å². The second-order valence-corrected chi connectivity index (χ2v) is 8.50. The predicted octanol–water partition coefficient (Wildman–Crippen LogP) is 4.55. The molecule has 0 bridgehead atoms. The van der Waals surface area contributed by atoms with Crippen LogP contribution in [0.15, 0.2) is 60.9 Å². The first-order chi connectivity index (χ1) is 15.0. The maximum Gasteiger partial charge on any atom is 0.234 e. The number of nitrogens with one attached hydrogen (secondary N) is 1. The molecule has 1 aliphatic heterocycles. The van der Waals surface area contributed by atoms with Gasteiger partial charge < -0.3 is 5.32 Å². The highest BCUT2D eigenvalue weighted by atomic mass is 35.5. The molecule has 31 heavy (non-hydrogen) atoms. The van der Waals surface area contributed by atoms with E-state index < -0.39 is 0 Å². The van der Waals surface area contributed by atoms with Gasteiger partial charge in [0.15, 0.2) is 0 Å². The van der Waals surface area contributed by atoms with Crippen molar-refractivity contribution in [2.24, 2.45) is 0 Å². The van der Waals surface area contributed by atoms with Gasteiger partial charge in [-0.05, 0) is 66.8 Å². The summed E-state index contributed by atoms with van der Waals surface area (Å²) in [7, 11) is 0. The van der Waals surface area contributed by atoms with Crippen molar-refractivity contribution >= 4 is 23.1 Å². The molecule has 0 saturated heterocycles. The fourth-order valence-electron chi connectivity index (χ4n) is 3.72. The second-order valence-electron chi connectivity index (χ2n) is 8.06. The van der Waals surface area contributed by atoms with Crippen LogP contribution in [0.25, 0.3) is 11.3 Å². The molecular formula is C25H27ClN4O. The number of nitrogens with zero attached hydrogens (tertiary/aromatic N) is 3. The molecule has 1 aromatic heterocycles. The molecule has 6 heteroatoms. The quantitative estimate of drug-likeness (QED) is 0.619. The normalized spacial score (nSPS) is 14.4. The van der Waals surface area contributed by atoms with Gasteiger partial charge in [-0.15, -0.1) is 0 Å². The summed E-state index contributed by atoms with van der Waals surface area (Å²) in [5.74, 6) is 0.0272. The molecule has 1 aliphatic rings. The third-order valence-electron chi connectivity index (χ3n) is 5.75. The van der Waals surface area contributed by atoms with Gasteiger partial charge >= 0.3 is 0 Å². The first-order valence-electron chi connectivity index (χ1n) is 10.5. The van der Waals surface area contributed by atoms with E-state index in [4.69, 9.17) is 11.6 Å². The topological polar surface area (TPSA) is 50.2 Å². The Morgan fingerprint density at radius 3 is 2.77 bits per heavy atom. The summed E-state index contributed by atoms with van der Waals surface area (Å²) in [5.41, 5.74) is 7.04. The highest BCUT2D eigenvalue weighted by Crippen LogP contribution is 2.23. The van der Waals surface area contributed by atoms with Crippen LogP contribution in [0.3, 0.4) is 0 Å². The van der Waals surface area contributed by atoms with E-state index in [0.29, 0.717) is 18.1 Å². The molecule has 0 aliphatic carbocycles. The van der Waals surface area contributed by atoms with Crippen molar-refractivity contribution in [1.29, 1.82) is 0 Å². The minimum atomic E-state index is 0.0272. The molecule has 0 spiro atoms. The molecule has 0 radical (unpaired) electrons. The average Bonchev–Trinajstić information content (AvgIpc) is 3.25. The molecule has 160 valence electrons. The Balaban J connectivity index is 1.31. The molecule has 4 rings (SSSR count). The van der Waals surface area contributed by atoms with Gasteiger partial charge in [0.25, 0.3) is 0 Å². The van der Waals surface area contributed by atoms with Crippen LogP contribution >= 0.6 is 11.6 Å². The van der Waals surface area contributed by atoms with Crippen molar-refractivity contribution in [3.63, 3.8) is 0 Å². The van der Waals surface area contributed by atoms with E-state index >= 15 is 0 Å². The number of halogens is 1. The zero-order valence-corrected chi connectivity index (χ0v) is 18.7. The van der Waals surface area contributed by atoms with Crippen molar-refractivity contribution in [3.05, 3.63) is 88.2 Å². The number of hydrogen-bond acceptors (Lipinski definition) is 3. The number of carbonyl (C=O) groups excluding carboxylic acids is 1. The van der Waals surface area contributed by atoms with Crippen LogP contribution in [0, 0.1) is 13.8 Å². The largest absolute Gasteiger partial charge is 0.351 e. The highest BCUT2D eigenvalue weighted by Gasteiger charge is 2.17. The van der Waals surface area contributed by atoms with Crippen LogP contribution < -0.4 is 5.32 Å². The summed E-state index contributed by atoms with van der Waals surface area (Å²) in [6.07, 6.45) is 7.12. The van der Waals surface area contributed by atoms with Crippen molar-refractivity contribution in [3.8, 4) is 5.69 Å². The molecule has 1 amide bonds. The predicted molar refractivity (Wildman–Crippen MR) is 125 cm³/mol. The molecule has 0 fully saturated rings. The van der Waals surface area contributed by atoms with E-state index in [1.165, 1.54) is 16.7 Å². The number of aryl methyl sites for hydroxylation is 2. The summed E-state index contributed by atoms with van der Waals surface area (Å²) < 4.78 is 1.93. The van der Waals surface area contributed by atoms with Crippen LogP contribution in [-0.4, -0.2) is 40.2 Å². The van der Waals surface area contributed by atoms with E-state index in [0.717, 1.165) is 36.3 Å². The summed E-state index contributed by atoms with van der Waals surface area (Å²) >= 11 is 6.00. The van der Waals surface area contributed by atoms with Crippen molar-refractivity contribution in [1.82, 2.24) is 20.0 Å². The Hall–Kier alpha value is -2.89. The standard InChI is InChI=1S/C25H27ClN4O/c1-18-6-7-24(12-19(18)2)30-16-22(15-28-30)21-8-10-29(11-9-21)17-25(31)27-14-20-4-3-5-23(26)13-20/h3-8,12-13,15-16H,9-11,14,17H2,1-2H3,(H,27,31). The van der Waals surface area contributed by atoms with Gasteiger partial charge in [-0.1, -0.05) is 35.9 Å². The number of carbonyl (C=O) groups is 1. The lowest BCUT2D eigenvalue weighted by Gasteiger charge is -2.25. The van der Waals surface area contributed by atoms with E-state index in [-0.39, 0.29) is 5.91 Å². The molecule has 2 aromatic carbocycles. The molecule has 3 aromatic rings. The average molecular weight is 435 g/mol. The summed E-state index contributed by atoms with van der Waals surface area (Å²) in [6.45, 7) is 6.73. The van der Waals surface area contributed by atoms with Gasteiger partial charge in [-0.25, -0.2) is 4.68 Å². The Morgan fingerprint density at radius 2 is 2.03 bits per heavy atom. The van der Waals surface area contributed by atoms with Crippen LogP contribution in [0.1, 0.15) is 28.7 Å². The molecule has 2 heterocycles. The number of rotatable bonds is 6. The van der Waals surface area contributed by atoms with Gasteiger partial charge in [0.05, 0.1) is 18.4 Å². The van der Waals surface area contributed by atoms with E-state index in [2.05, 4.69) is 59.6 Å². The highest BCUT2D eigenvalue weighted by molar-refractivity contribution is 6.30. The Morgan fingerprint density at radius 1 is 1.16 bits per heavy atom. The molecule has 0 saturated carbocycles. The van der Waals surface area contributed by atoms with Gasteiger partial charge in [0.2, 0.25) is 5.91 Å². The van der Waals surface area contributed by atoms with Crippen LogP contribution in [-0.2, 0) is 11.3 Å². The maximum absolute atomic E-state index is 12.3. The molecule has 1 N–H and O–H groups in total. The molecule has 0 unspecified atom stereocenters. The monoisotopic (exact) mass is 434 g/mol. The molecular weight excluding hydrogens is 408 g/mol. The number of amides is 1. The van der Waals surface area contributed by atoms with Crippen molar-refractivity contribution in [2.45, 2.75) is 26.8 Å². The Labute approximate surface area is 188 Å². The number of hydrogen-bond donors (Lipinski definition) is 1. The maximum atomic E-state index is 12.3.